The number of fused-ring (bicyclic) bond motifs is 1. The van der Waals surface area contributed by atoms with E-state index in [0.717, 1.165) is 11.3 Å². The van der Waals surface area contributed by atoms with Gasteiger partial charge >= 0.3 is 12.0 Å². The number of carbonyl (C=O) groups is 2. The standard InChI is InChI=1S/C14H18N2O5/c17-7-5-11(13(18)19)16-14(20)15-10-6-8-21-12-4-2-1-3-9(10)12/h1-4,10-11,17H,5-8H2,(H,18,19)(H2,15,16,20). The number of carbonyl (C=O) groups excluding carboxylic acids is 1. The Hall–Kier alpha value is -2.28. The second-order valence-corrected chi connectivity index (χ2v) is 4.75. The van der Waals surface area contributed by atoms with E-state index in [1.54, 1.807) is 0 Å². The van der Waals surface area contributed by atoms with E-state index in [1.807, 2.05) is 24.3 Å². The van der Waals surface area contributed by atoms with Crippen LogP contribution in [0.1, 0.15) is 24.4 Å². The quantitative estimate of drug-likeness (QED) is 0.637. The number of benzene rings is 1. The number of rotatable bonds is 5. The fraction of sp³-hybridized carbons (Fsp3) is 0.429. The molecule has 7 heteroatoms. The largest absolute Gasteiger partial charge is 0.493 e. The van der Waals surface area contributed by atoms with Crippen LogP contribution in [0.3, 0.4) is 0 Å². The number of carboxylic acids is 1. The lowest BCUT2D eigenvalue weighted by Gasteiger charge is -2.27. The Morgan fingerprint density at radius 2 is 2.14 bits per heavy atom. The average Bonchev–Trinajstić information content (AvgIpc) is 2.47. The molecule has 1 heterocycles. The van der Waals surface area contributed by atoms with Crippen LogP contribution in [-0.4, -0.2) is 41.5 Å². The summed E-state index contributed by atoms with van der Waals surface area (Å²) in [6.07, 6.45) is 0.579. The fourth-order valence-corrected chi connectivity index (χ4v) is 2.24. The summed E-state index contributed by atoms with van der Waals surface area (Å²) in [6.45, 7) is 0.179. The summed E-state index contributed by atoms with van der Waals surface area (Å²) in [5.74, 6) is -0.453. The molecule has 1 aliphatic heterocycles. The zero-order valence-electron chi connectivity index (χ0n) is 11.4. The first-order chi connectivity index (χ1) is 10.1. The summed E-state index contributed by atoms with van der Waals surface area (Å²) in [6, 6.07) is 5.49. The minimum Gasteiger partial charge on any atom is -0.493 e. The van der Waals surface area contributed by atoms with Gasteiger partial charge in [0, 0.05) is 25.0 Å². The molecule has 0 fully saturated rings. The molecule has 0 aromatic heterocycles. The van der Waals surface area contributed by atoms with Gasteiger partial charge in [-0.15, -0.1) is 0 Å². The lowest BCUT2D eigenvalue weighted by molar-refractivity contribution is -0.139. The zero-order chi connectivity index (χ0) is 15.2. The molecule has 1 aliphatic rings. The predicted molar refractivity (Wildman–Crippen MR) is 74.1 cm³/mol. The van der Waals surface area contributed by atoms with Crippen molar-refractivity contribution >= 4 is 12.0 Å². The Kier molecular flexibility index (Phi) is 4.99. The number of ether oxygens (including phenoxy) is 1. The van der Waals surface area contributed by atoms with Gasteiger partial charge in [-0.1, -0.05) is 18.2 Å². The van der Waals surface area contributed by atoms with Crippen molar-refractivity contribution in [2.24, 2.45) is 0 Å². The third kappa shape index (κ3) is 3.85. The first kappa shape index (κ1) is 15.1. The average molecular weight is 294 g/mol. The molecule has 0 bridgehead atoms. The van der Waals surface area contributed by atoms with Crippen LogP contribution < -0.4 is 15.4 Å². The molecule has 2 amide bonds. The normalized spacial score (nSPS) is 18.0. The van der Waals surface area contributed by atoms with Crippen molar-refractivity contribution in [3.63, 3.8) is 0 Å². The number of amides is 2. The number of aliphatic hydroxyl groups is 1. The predicted octanol–water partition coefficient (Wildman–Crippen LogP) is 0.645. The van der Waals surface area contributed by atoms with Crippen molar-refractivity contribution in [2.75, 3.05) is 13.2 Å². The highest BCUT2D eigenvalue weighted by atomic mass is 16.5. The highest BCUT2D eigenvalue weighted by molar-refractivity contribution is 5.82. The van der Waals surface area contributed by atoms with Crippen LogP contribution in [0.2, 0.25) is 0 Å². The molecule has 2 atom stereocenters. The number of hydrogen-bond acceptors (Lipinski definition) is 4. The SMILES string of the molecule is O=C(NC(CCO)C(=O)O)NC1CCOc2ccccc21. The van der Waals surface area contributed by atoms with E-state index in [4.69, 9.17) is 14.9 Å². The molecule has 0 spiro atoms. The van der Waals surface area contributed by atoms with Gasteiger partial charge in [-0.3, -0.25) is 0 Å². The summed E-state index contributed by atoms with van der Waals surface area (Å²) in [7, 11) is 0. The van der Waals surface area contributed by atoms with E-state index in [0.29, 0.717) is 13.0 Å². The number of aliphatic carboxylic acids is 1. The number of urea groups is 1. The zero-order valence-corrected chi connectivity index (χ0v) is 11.4. The van der Waals surface area contributed by atoms with Crippen molar-refractivity contribution < 1.29 is 24.5 Å². The molecule has 0 saturated heterocycles. The Morgan fingerprint density at radius 3 is 2.86 bits per heavy atom. The van der Waals surface area contributed by atoms with Crippen LogP contribution >= 0.6 is 0 Å². The van der Waals surface area contributed by atoms with Crippen molar-refractivity contribution in [3.8, 4) is 5.75 Å². The van der Waals surface area contributed by atoms with E-state index in [9.17, 15) is 9.59 Å². The summed E-state index contributed by atoms with van der Waals surface area (Å²) >= 11 is 0. The summed E-state index contributed by atoms with van der Waals surface area (Å²) in [5.41, 5.74) is 0.868. The molecule has 0 aliphatic carbocycles. The van der Waals surface area contributed by atoms with Crippen molar-refractivity contribution in [3.05, 3.63) is 29.8 Å². The maximum Gasteiger partial charge on any atom is 0.326 e. The van der Waals surface area contributed by atoms with E-state index < -0.39 is 18.0 Å². The molecule has 0 saturated carbocycles. The van der Waals surface area contributed by atoms with Crippen LogP contribution in [0.4, 0.5) is 4.79 Å². The van der Waals surface area contributed by atoms with Crippen molar-refractivity contribution in [2.45, 2.75) is 24.9 Å². The Labute approximate surface area is 121 Å². The fourth-order valence-electron chi connectivity index (χ4n) is 2.24. The van der Waals surface area contributed by atoms with E-state index in [2.05, 4.69) is 10.6 Å². The van der Waals surface area contributed by atoms with Gasteiger partial charge in [0.05, 0.1) is 12.6 Å². The molecule has 4 N–H and O–H groups in total. The molecule has 2 rings (SSSR count). The van der Waals surface area contributed by atoms with Gasteiger partial charge in [0.2, 0.25) is 0 Å². The first-order valence-corrected chi connectivity index (χ1v) is 6.74. The molecule has 1 aromatic rings. The van der Waals surface area contributed by atoms with Gasteiger partial charge in [0.15, 0.2) is 0 Å². The lowest BCUT2D eigenvalue weighted by atomic mass is 10.0. The van der Waals surface area contributed by atoms with E-state index in [-0.39, 0.29) is 19.1 Å². The lowest BCUT2D eigenvalue weighted by Crippen LogP contribution is -2.47. The molecular weight excluding hydrogens is 276 g/mol. The molecule has 2 unspecified atom stereocenters. The molecule has 7 nitrogen and oxygen atoms in total. The van der Waals surface area contributed by atoms with E-state index in [1.165, 1.54) is 0 Å². The first-order valence-electron chi connectivity index (χ1n) is 6.74. The summed E-state index contributed by atoms with van der Waals surface area (Å²) < 4.78 is 5.49. The van der Waals surface area contributed by atoms with Gasteiger partial charge in [-0.25, -0.2) is 9.59 Å². The third-order valence-corrected chi connectivity index (χ3v) is 3.29. The Bertz CT molecular complexity index is 520. The van der Waals surface area contributed by atoms with E-state index >= 15 is 0 Å². The number of hydrogen-bond donors (Lipinski definition) is 4. The molecule has 1 aromatic carbocycles. The Morgan fingerprint density at radius 1 is 1.38 bits per heavy atom. The molecule has 0 radical (unpaired) electrons. The summed E-state index contributed by atoms with van der Waals surface area (Å²) in [4.78, 5) is 22.8. The van der Waals surface area contributed by atoms with Crippen LogP contribution in [-0.2, 0) is 4.79 Å². The monoisotopic (exact) mass is 294 g/mol. The molecular formula is C14H18N2O5. The maximum absolute atomic E-state index is 11.9. The minimum absolute atomic E-state index is 0.0346. The highest BCUT2D eigenvalue weighted by Gasteiger charge is 2.25. The number of para-hydroxylation sites is 1. The maximum atomic E-state index is 11.9. The van der Waals surface area contributed by atoms with Gasteiger partial charge in [0.1, 0.15) is 11.8 Å². The smallest absolute Gasteiger partial charge is 0.326 e. The van der Waals surface area contributed by atoms with Crippen LogP contribution in [0.5, 0.6) is 5.75 Å². The number of aliphatic hydroxyl groups excluding tert-OH is 1. The third-order valence-electron chi connectivity index (χ3n) is 3.29. The van der Waals surface area contributed by atoms with Crippen LogP contribution in [0.15, 0.2) is 24.3 Å². The van der Waals surface area contributed by atoms with Crippen LogP contribution in [0, 0.1) is 0 Å². The molecule has 114 valence electrons. The summed E-state index contributed by atoms with van der Waals surface area (Å²) in [5, 5.41) is 22.8. The number of carboxylic acid groups (broad SMARTS) is 1. The van der Waals surface area contributed by atoms with Gasteiger partial charge in [-0.05, 0) is 6.07 Å². The Balaban J connectivity index is 1.99. The van der Waals surface area contributed by atoms with Crippen molar-refractivity contribution in [1.29, 1.82) is 0 Å². The second kappa shape index (κ2) is 6.94. The minimum atomic E-state index is -1.17. The number of nitrogens with one attached hydrogen (secondary N) is 2. The molecule has 21 heavy (non-hydrogen) atoms. The topological polar surface area (TPSA) is 108 Å². The van der Waals surface area contributed by atoms with Crippen LogP contribution in [0.25, 0.3) is 0 Å². The van der Waals surface area contributed by atoms with Gasteiger partial charge in [-0.2, -0.15) is 0 Å². The van der Waals surface area contributed by atoms with Crippen molar-refractivity contribution in [1.82, 2.24) is 10.6 Å². The second-order valence-electron chi connectivity index (χ2n) is 4.75. The van der Waals surface area contributed by atoms with Gasteiger partial charge < -0.3 is 25.6 Å². The highest BCUT2D eigenvalue weighted by Crippen LogP contribution is 2.31. The van der Waals surface area contributed by atoms with Gasteiger partial charge in [0.25, 0.3) is 0 Å².